The van der Waals surface area contributed by atoms with Gasteiger partial charge in [0.1, 0.15) is 0 Å². The van der Waals surface area contributed by atoms with Crippen molar-refractivity contribution in [2.24, 2.45) is 5.92 Å². The van der Waals surface area contributed by atoms with Gasteiger partial charge in [0, 0.05) is 13.0 Å². The lowest BCUT2D eigenvalue weighted by Crippen LogP contribution is -2.45. The number of hydrogen-bond donors (Lipinski definition) is 1. The zero-order valence-electron chi connectivity index (χ0n) is 11.6. The summed E-state index contributed by atoms with van der Waals surface area (Å²) >= 11 is 0. The molecule has 1 unspecified atom stereocenters. The molecule has 1 atom stereocenters. The van der Waals surface area contributed by atoms with Crippen molar-refractivity contribution < 1.29 is 9.47 Å². The molecule has 1 spiro atoms. The van der Waals surface area contributed by atoms with Crippen molar-refractivity contribution in [2.75, 3.05) is 20.2 Å². The van der Waals surface area contributed by atoms with E-state index in [1.54, 1.807) is 0 Å². The first-order valence-corrected chi connectivity index (χ1v) is 7.74. The van der Waals surface area contributed by atoms with Crippen LogP contribution in [-0.2, 0) is 9.47 Å². The van der Waals surface area contributed by atoms with Gasteiger partial charge in [-0.05, 0) is 51.6 Å². The molecule has 1 N–H and O–H groups in total. The van der Waals surface area contributed by atoms with E-state index in [2.05, 4.69) is 5.32 Å². The molecule has 18 heavy (non-hydrogen) atoms. The third-order valence-electron chi connectivity index (χ3n) is 5.03. The molecule has 0 bridgehead atoms. The van der Waals surface area contributed by atoms with E-state index in [1.165, 1.54) is 38.5 Å². The second-order valence-electron chi connectivity index (χ2n) is 6.51. The van der Waals surface area contributed by atoms with Crippen LogP contribution in [0.1, 0.15) is 51.4 Å². The predicted molar refractivity (Wildman–Crippen MR) is 71.7 cm³/mol. The van der Waals surface area contributed by atoms with Gasteiger partial charge in [-0.3, -0.25) is 0 Å². The van der Waals surface area contributed by atoms with E-state index in [9.17, 15) is 0 Å². The number of rotatable bonds is 4. The molecule has 0 radical (unpaired) electrons. The lowest BCUT2D eigenvalue weighted by atomic mass is 9.81. The fourth-order valence-corrected chi connectivity index (χ4v) is 3.98. The molecule has 3 nitrogen and oxygen atoms in total. The Balaban J connectivity index is 1.43. The minimum atomic E-state index is 0.205. The zero-order valence-corrected chi connectivity index (χ0v) is 11.6. The summed E-state index contributed by atoms with van der Waals surface area (Å²) < 4.78 is 12.3. The second kappa shape index (κ2) is 5.48. The summed E-state index contributed by atoms with van der Waals surface area (Å²) in [7, 11) is 2.04. The molecule has 1 heterocycles. The summed E-state index contributed by atoms with van der Waals surface area (Å²) in [5.41, 5.74) is 0.205. The molecule has 0 amide bonds. The fourth-order valence-electron chi connectivity index (χ4n) is 3.98. The molecule has 3 fully saturated rings. The van der Waals surface area contributed by atoms with Crippen molar-refractivity contribution in [1.29, 1.82) is 0 Å². The summed E-state index contributed by atoms with van der Waals surface area (Å²) in [6, 6.07) is 0. The Labute approximate surface area is 111 Å². The van der Waals surface area contributed by atoms with E-state index >= 15 is 0 Å². The monoisotopic (exact) mass is 253 g/mol. The van der Waals surface area contributed by atoms with E-state index in [0.717, 1.165) is 31.9 Å². The van der Waals surface area contributed by atoms with Gasteiger partial charge in [0.2, 0.25) is 0 Å². The van der Waals surface area contributed by atoms with Crippen LogP contribution in [0, 0.1) is 5.92 Å². The molecule has 3 rings (SSSR count). The maximum atomic E-state index is 6.28. The van der Waals surface area contributed by atoms with Crippen LogP contribution in [0.4, 0.5) is 0 Å². The number of nitrogens with one attached hydrogen (secondary N) is 1. The summed E-state index contributed by atoms with van der Waals surface area (Å²) in [6.07, 6.45) is 11.0. The van der Waals surface area contributed by atoms with Crippen molar-refractivity contribution >= 4 is 0 Å². The highest BCUT2D eigenvalue weighted by Crippen LogP contribution is 2.42. The van der Waals surface area contributed by atoms with Crippen LogP contribution in [0.25, 0.3) is 0 Å². The first kappa shape index (κ1) is 12.9. The maximum Gasteiger partial charge on any atom is 0.0707 e. The molecule has 0 aromatic rings. The van der Waals surface area contributed by atoms with Crippen molar-refractivity contribution in [2.45, 2.75) is 69.2 Å². The normalized spacial score (nSPS) is 38.8. The highest BCUT2D eigenvalue weighted by Gasteiger charge is 2.41. The van der Waals surface area contributed by atoms with Gasteiger partial charge in [0.05, 0.1) is 17.8 Å². The molecule has 2 saturated carbocycles. The van der Waals surface area contributed by atoms with Gasteiger partial charge in [-0.1, -0.05) is 12.8 Å². The van der Waals surface area contributed by atoms with Gasteiger partial charge in [-0.25, -0.2) is 0 Å². The van der Waals surface area contributed by atoms with E-state index in [-0.39, 0.29) is 5.60 Å². The Morgan fingerprint density at radius 3 is 2.72 bits per heavy atom. The van der Waals surface area contributed by atoms with Crippen LogP contribution in [0.5, 0.6) is 0 Å². The Hall–Kier alpha value is -0.120. The van der Waals surface area contributed by atoms with Crippen LogP contribution in [0.2, 0.25) is 0 Å². The smallest absolute Gasteiger partial charge is 0.0707 e. The third kappa shape index (κ3) is 2.73. The SMILES string of the molecule is CNCC1CC(OC2CCOC3(CCCC3)C2)C1. The largest absolute Gasteiger partial charge is 0.375 e. The number of hydrogen-bond acceptors (Lipinski definition) is 3. The van der Waals surface area contributed by atoms with Gasteiger partial charge in [0.15, 0.2) is 0 Å². The Bertz CT molecular complexity index is 270. The summed E-state index contributed by atoms with van der Waals surface area (Å²) in [6.45, 7) is 2.06. The highest BCUT2D eigenvalue weighted by molar-refractivity contribution is 4.92. The Morgan fingerprint density at radius 2 is 2.00 bits per heavy atom. The van der Waals surface area contributed by atoms with Crippen molar-refractivity contribution in [3.8, 4) is 0 Å². The van der Waals surface area contributed by atoms with E-state index < -0.39 is 0 Å². The molecule has 1 aliphatic heterocycles. The van der Waals surface area contributed by atoms with Crippen molar-refractivity contribution in [3.05, 3.63) is 0 Å². The highest BCUT2D eigenvalue weighted by atomic mass is 16.5. The third-order valence-corrected chi connectivity index (χ3v) is 5.03. The van der Waals surface area contributed by atoms with Crippen molar-refractivity contribution in [3.63, 3.8) is 0 Å². The molecular weight excluding hydrogens is 226 g/mol. The average molecular weight is 253 g/mol. The summed E-state index contributed by atoms with van der Waals surface area (Å²) in [4.78, 5) is 0. The van der Waals surface area contributed by atoms with Crippen LogP contribution >= 0.6 is 0 Å². The molecule has 0 aromatic heterocycles. The van der Waals surface area contributed by atoms with Crippen molar-refractivity contribution in [1.82, 2.24) is 5.32 Å². The topological polar surface area (TPSA) is 30.5 Å². The van der Waals surface area contributed by atoms with Gasteiger partial charge < -0.3 is 14.8 Å². The van der Waals surface area contributed by atoms with E-state index in [0.29, 0.717) is 12.2 Å². The maximum absolute atomic E-state index is 6.28. The van der Waals surface area contributed by atoms with Crippen LogP contribution in [0.3, 0.4) is 0 Å². The lowest BCUT2D eigenvalue weighted by Gasteiger charge is -2.42. The van der Waals surface area contributed by atoms with Crippen LogP contribution in [-0.4, -0.2) is 38.0 Å². The number of ether oxygens (including phenoxy) is 2. The van der Waals surface area contributed by atoms with Gasteiger partial charge in [-0.2, -0.15) is 0 Å². The average Bonchev–Trinajstić information content (AvgIpc) is 2.75. The molecule has 104 valence electrons. The Kier molecular flexibility index (Phi) is 3.92. The van der Waals surface area contributed by atoms with Crippen LogP contribution in [0.15, 0.2) is 0 Å². The first-order valence-electron chi connectivity index (χ1n) is 7.74. The second-order valence-corrected chi connectivity index (χ2v) is 6.51. The standard InChI is InChI=1S/C15H27NO2/c1-16-11-12-8-14(9-12)18-13-4-7-17-15(10-13)5-2-3-6-15/h12-14,16H,2-11H2,1H3. The predicted octanol–water partition coefficient (Wildman–Crippen LogP) is 2.49. The van der Waals surface area contributed by atoms with Crippen LogP contribution < -0.4 is 5.32 Å². The van der Waals surface area contributed by atoms with Gasteiger partial charge >= 0.3 is 0 Å². The summed E-state index contributed by atoms with van der Waals surface area (Å²) in [5, 5.41) is 3.26. The molecule has 0 aromatic carbocycles. The zero-order chi connectivity index (χ0) is 12.4. The lowest BCUT2D eigenvalue weighted by molar-refractivity contribution is -0.161. The minimum absolute atomic E-state index is 0.205. The van der Waals surface area contributed by atoms with Gasteiger partial charge in [0.25, 0.3) is 0 Å². The fraction of sp³-hybridized carbons (Fsp3) is 1.00. The Morgan fingerprint density at radius 1 is 1.22 bits per heavy atom. The van der Waals surface area contributed by atoms with E-state index in [4.69, 9.17) is 9.47 Å². The minimum Gasteiger partial charge on any atom is -0.375 e. The molecule has 3 aliphatic rings. The van der Waals surface area contributed by atoms with Gasteiger partial charge in [-0.15, -0.1) is 0 Å². The molecular formula is C15H27NO2. The first-order chi connectivity index (χ1) is 8.80. The van der Waals surface area contributed by atoms with E-state index in [1.807, 2.05) is 7.05 Å². The molecule has 1 saturated heterocycles. The molecule has 3 heteroatoms. The summed E-state index contributed by atoms with van der Waals surface area (Å²) in [5.74, 6) is 0.847. The quantitative estimate of drug-likeness (QED) is 0.835. The molecule has 2 aliphatic carbocycles.